The van der Waals surface area contributed by atoms with Crippen LogP contribution in [0.5, 0.6) is 0 Å². The number of carbonyl (C=O) groups is 1. The van der Waals surface area contributed by atoms with E-state index in [0.717, 1.165) is 22.4 Å². The van der Waals surface area contributed by atoms with Crippen LogP contribution < -0.4 is 5.32 Å². The fraction of sp³-hybridized carbons (Fsp3) is 0.0833. The van der Waals surface area contributed by atoms with Gasteiger partial charge in [-0.25, -0.2) is 13.9 Å². The van der Waals surface area contributed by atoms with Gasteiger partial charge in [-0.1, -0.05) is 24.3 Å². The van der Waals surface area contributed by atoms with Gasteiger partial charge in [0.2, 0.25) is 0 Å². The number of nitrogens with one attached hydrogen (secondary N) is 1. The molecule has 0 aliphatic carbocycles. The largest absolute Gasteiger partial charge is 0.478 e. The first kappa shape index (κ1) is 19.4. The first-order chi connectivity index (χ1) is 14.4. The van der Waals surface area contributed by atoms with Crippen molar-refractivity contribution in [3.8, 4) is 16.9 Å². The van der Waals surface area contributed by atoms with Crippen molar-refractivity contribution in [2.24, 2.45) is 0 Å². The van der Waals surface area contributed by atoms with Gasteiger partial charge in [0.1, 0.15) is 11.6 Å². The summed E-state index contributed by atoms with van der Waals surface area (Å²) in [5.41, 5.74) is 4.85. The molecule has 150 valence electrons. The van der Waals surface area contributed by atoms with Gasteiger partial charge in [-0.3, -0.25) is 0 Å². The van der Waals surface area contributed by atoms with Crippen molar-refractivity contribution in [1.29, 1.82) is 0 Å². The molecule has 2 N–H and O–H groups in total. The second kappa shape index (κ2) is 7.83. The van der Waals surface area contributed by atoms with Crippen molar-refractivity contribution >= 4 is 17.5 Å². The zero-order valence-corrected chi connectivity index (χ0v) is 16.6. The number of aromatic carboxylic acids is 1. The van der Waals surface area contributed by atoms with E-state index < -0.39 is 5.97 Å². The van der Waals surface area contributed by atoms with Crippen LogP contribution in [-0.4, -0.2) is 20.9 Å². The fourth-order valence-electron chi connectivity index (χ4n) is 3.30. The molecular formula is C24H20FN3O2. The zero-order valence-electron chi connectivity index (χ0n) is 16.6. The van der Waals surface area contributed by atoms with E-state index in [1.165, 1.54) is 12.1 Å². The Hall–Kier alpha value is -3.93. The summed E-state index contributed by atoms with van der Waals surface area (Å²) in [7, 11) is 0. The molecule has 0 unspecified atom stereocenters. The number of carboxylic acid groups (broad SMARTS) is 1. The number of aryl methyl sites for hydroxylation is 2. The van der Waals surface area contributed by atoms with Crippen molar-refractivity contribution in [3.05, 3.63) is 95.3 Å². The van der Waals surface area contributed by atoms with Crippen LogP contribution in [0.3, 0.4) is 0 Å². The molecule has 0 amide bonds. The Morgan fingerprint density at radius 1 is 1.00 bits per heavy atom. The second-order valence-electron chi connectivity index (χ2n) is 7.10. The Kier molecular flexibility index (Phi) is 5.06. The Labute approximate surface area is 173 Å². The highest BCUT2D eigenvalue weighted by atomic mass is 19.1. The SMILES string of the molecule is Cc1ccc(C(=O)O)c(Nc2cc(-c3ccc(F)cc3)nn2-c2ccccc2C)c1. The minimum Gasteiger partial charge on any atom is -0.478 e. The monoisotopic (exact) mass is 401 g/mol. The van der Waals surface area contributed by atoms with Gasteiger partial charge in [-0.2, -0.15) is 5.10 Å². The third-order valence-electron chi connectivity index (χ3n) is 4.86. The molecule has 0 radical (unpaired) electrons. The molecule has 0 saturated heterocycles. The molecule has 0 spiro atoms. The number of benzene rings is 3. The number of hydrogen-bond donors (Lipinski definition) is 2. The summed E-state index contributed by atoms with van der Waals surface area (Å²) in [6, 6.07) is 20.8. The lowest BCUT2D eigenvalue weighted by molar-refractivity contribution is 0.0698. The molecule has 30 heavy (non-hydrogen) atoms. The van der Waals surface area contributed by atoms with Gasteiger partial charge in [0.05, 0.1) is 22.6 Å². The molecule has 0 aliphatic heterocycles. The van der Waals surface area contributed by atoms with Gasteiger partial charge in [0, 0.05) is 11.6 Å². The van der Waals surface area contributed by atoms with Crippen LogP contribution in [0.4, 0.5) is 15.9 Å². The maximum Gasteiger partial charge on any atom is 0.337 e. The van der Waals surface area contributed by atoms with Crippen molar-refractivity contribution < 1.29 is 14.3 Å². The molecule has 0 atom stereocenters. The molecule has 4 rings (SSSR count). The number of halogens is 1. The van der Waals surface area contributed by atoms with Gasteiger partial charge >= 0.3 is 5.97 Å². The van der Waals surface area contributed by atoms with Gasteiger partial charge < -0.3 is 10.4 Å². The number of hydrogen-bond acceptors (Lipinski definition) is 3. The summed E-state index contributed by atoms with van der Waals surface area (Å²) in [6.45, 7) is 3.88. The highest BCUT2D eigenvalue weighted by molar-refractivity contribution is 5.95. The smallest absolute Gasteiger partial charge is 0.337 e. The number of aromatic nitrogens is 2. The number of anilines is 2. The number of nitrogens with zero attached hydrogens (tertiary/aromatic N) is 2. The molecule has 0 aliphatic rings. The van der Waals surface area contributed by atoms with E-state index in [4.69, 9.17) is 5.10 Å². The van der Waals surface area contributed by atoms with Gasteiger partial charge in [-0.05, 0) is 67.4 Å². The van der Waals surface area contributed by atoms with Crippen molar-refractivity contribution in [3.63, 3.8) is 0 Å². The van der Waals surface area contributed by atoms with Crippen LogP contribution >= 0.6 is 0 Å². The molecular weight excluding hydrogens is 381 g/mol. The maximum atomic E-state index is 13.4. The van der Waals surface area contributed by atoms with Gasteiger partial charge in [0.25, 0.3) is 0 Å². The van der Waals surface area contributed by atoms with Gasteiger partial charge in [-0.15, -0.1) is 0 Å². The molecule has 5 nitrogen and oxygen atoms in total. The third-order valence-corrected chi connectivity index (χ3v) is 4.86. The van der Waals surface area contributed by atoms with E-state index in [0.29, 0.717) is 17.2 Å². The highest BCUT2D eigenvalue weighted by Crippen LogP contribution is 2.30. The predicted molar refractivity (Wildman–Crippen MR) is 115 cm³/mol. The van der Waals surface area contributed by atoms with Gasteiger partial charge in [0.15, 0.2) is 0 Å². The average Bonchev–Trinajstić information content (AvgIpc) is 3.12. The Morgan fingerprint density at radius 3 is 2.43 bits per heavy atom. The first-order valence-electron chi connectivity index (χ1n) is 9.45. The number of rotatable bonds is 5. The van der Waals surface area contributed by atoms with Crippen LogP contribution in [0.1, 0.15) is 21.5 Å². The van der Waals surface area contributed by atoms with E-state index in [1.54, 1.807) is 35.0 Å². The Morgan fingerprint density at radius 2 is 1.73 bits per heavy atom. The summed E-state index contributed by atoms with van der Waals surface area (Å²) < 4.78 is 15.1. The zero-order chi connectivity index (χ0) is 21.3. The highest BCUT2D eigenvalue weighted by Gasteiger charge is 2.16. The minimum absolute atomic E-state index is 0.168. The Bertz CT molecular complexity index is 1230. The molecule has 3 aromatic carbocycles. The molecule has 0 fully saturated rings. The standard InChI is InChI=1S/C24H20FN3O2/c1-15-7-12-19(24(29)30)21(13-15)26-23-14-20(17-8-10-18(25)11-9-17)27-28(23)22-6-4-3-5-16(22)2/h3-14,26H,1-2H3,(H,29,30). The molecule has 4 aromatic rings. The second-order valence-corrected chi connectivity index (χ2v) is 7.10. The maximum absolute atomic E-state index is 13.4. The lowest BCUT2D eigenvalue weighted by Crippen LogP contribution is -2.07. The lowest BCUT2D eigenvalue weighted by atomic mass is 10.1. The van der Waals surface area contributed by atoms with Crippen LogP contribution in [-0.2, 0) is 0 Å². The molecule has 0 saturated carbocycles. The molecule has 0 bridgehead atoms. The third kappa shape index (κ3) is 3.80. The van der Waals surface area contributed by atoms with Crippen LogP contribution in [0.15, 0.2) is 72.8 Å². The molecule has 1 heterocycles. The average molecular weight is 401 g/mol. The summed E-state index contributed by atoms with van der Waals surface area (Å²) >= 11 is 0. The first-order valence-corrected chi connectivity index (χ1v) is 9.45. The fourth-order valence-corrected chi connectivity index (χ4v) is 3.30. The summed E-state index contributed by atoms with van der Waals surface area (Å²) in [5.74, 6) is -0.726. The molecule has 6 heteroatoms. The normalized spacial score (nSPS) is 10.8. The van der Waals surface area contributed by atoms with Crippen molar-refractivity contribution in [2.75, 3.05) is 5.32 Å². The van der Waals surface area contributed by atoms with E-state index in [9.17, 15) is 14.3 Å². The predicted octanol–water partition coefficient (Wildman–Crippen LogP) is 5.74. The van der Waals surface area contributed by atoms with Crippen molar-refractivity contribution in [1.82, 2.24) is 9.78 Å². The topological polar surface area (TPSA) is 67.2 Å². The van der Waals surface area contributed by atoms with E-state index in [-0.39, 0.29) is 11.4 Å². The van der Waals surface area contributed by atoms with Crippen molar-refractivity contribution in [2.45, 2.75) is 13.8 Å². The lowest BCUT2D eigenvalue weighted by Gasteiger charge is -2.14. The van der Waals surface area contributed by atoms with E-state index in [1.807, 2.05) is 44.2 Å². The number of carboxylic acids is 1. The quantitative estimate of drug-likeness (QED) is 0.448. The van der Waals surface area contributed by atoms with E-state index in [2.05, 4.69) is 5.32 Å². The summed E-state index contributed by atoms with van der Waals surface area (Å²) in [5, 5.41) is 17.5. The molecule has 1 aromatic heterocycles. The summed E-state index contributed by atoms with van der Waals surface area (Å²) in [4.78, 5) is 11.7. The Balaban J connectivity index is 1.86. The minimum atomic E-state index is -1.02. The number of para-hydroxylation sites is 1. The van der Waals surface area contributed by atoms with E-state index >= 15 is 0 Å². The summed E-state index contributed by atoms with van der Waals surface area (Å²) in [6.07, 6.45) is 0. The van der Waals surface area contributed by atoms with Crippen LogP contribution in [0, 0.1) is 19.7 Å². The van der Waals surface area contributed by atoms with Crippen LogP contribution in [0.2, 0.25) is 0 Å². The van der Waals surface area contributed by atoms with Crippen LogP contribution in [0.25, 0.3) is 16.9 Å².